The van der Waals surface area contributed by atoms with Crippen molar-refractivity contribution in [3.05, 3.63) is 80.9 Å². The maximum absolute atomic E-state index is 12.7. The molecule has 3 rings (SSSR count). The van der Waals surface area contributed by atoms with Gasteiger partial charge in [0.2, 0.25) is 0 Å². The van der Waals surface area contributed by atoms with Crippen LogP contribution in [0.5, 0.6) is 5.75 Å². The number of esters is 1. The van der Waals surface area contributed by atoms with E-state index in [0.29, 0.717) is 11.3 Å². The molecule has 2 aromatic carbocycles. The predicted molar refractivity (Wildman–Crippen MR) is 123 cm³/mol. The summed E-state index contributed by atoms with van der Waals surface area (Å²) in [6.07, 6.45) is 1.58. The van der Waals surface area contributed by atoms with E-state index >= 15 is 0 Å². The number of nitriles is 1. The van der Waals surface area contributed by atoms with E-state index in [0.717, 1.165) is 11.8 Å². The number of nitrogens with zero attached hydrogens (tertiary/aromatic N) is 2. The van der Waals surface area contributed by atoms with Gasteiger partial charge in [-0.15, -0.1) is 0 Å². The fourth-order valence-electron chi connectivity index (χ4n) is 2.76. The molecule has 0 bridgehead atoms. The average Bonchev–Trinajstić information content (AvgIpc) is 3.08. The first-order valence-corrected chi connectivity index (χ1v) is 10.6. The van der Waals surface area contributed by atoms with E-state index in [4.69, 9.17) is 26.3 Å². The lowest BCUT2D eigenvalue weighted by Gasteiger charge is -2.06. The Morgan fingerprint density at radius 2 is 1.94 bits per heavy atom. The van der Waals surface area contributed by atoms with Crippen LogP contribution in [0.1, 0.15) is 22.8 Å². The summed E-state index contributed by atoms with van der Waals surface area (Å²) >= 11 is 7.02. The highest BCUT2D eigenvalue weighted by Gasteiger charge is 2.34. The van der Waals surface area contributed by atoms with Gasteiger partial charge in [0.25, 0.3) is 5.91 Å². The van der Waals surface area contributed by atoms with Crippen molar-refractivity contribution in [2.24, 2.45) is 4.99 Å². The van der Waals surface area contributed by atoms with E-state index in [2.05, 4.69) is 4.99 Å². The third-order valence-electron chi connectivity index (χ3n) is 4.18. The number of hydrogen-bond acceptors (Lipinski definition) is 7. The van der Waals surface area contributed by atoms with Crippen molar-refractivity contribution in [3.8, 4) is 11.8 Å². The Morgan fingerprint density at radius 1 is 1.22 bits per heavy atom. The number of carbonyl (C=O) groups is 2. The van der Waals surface area contributed by atoms with Crippen molar-refractivity contribution in [3.63, 3.8) is 0 Å². The molecule has 0 fully saturated rings. The zero-order valence-corrected chi connectivity index (χ0v) is 18.4. The second-order valence-corrected chi connectivity index (χ2v) is 7.68. The Hall–Kier alpha value is -3.54. The average molecular weight is 469 g/mol. The number of ether oxygens (including phenoxy) is 2. The lowest BCUT2D eigenvalue weighted by molar-refractivity contribution is -0.138. The van der Waals surface area contributed by atoms with Crippen LogP contribution in [0, 0.1) is 11.3 Å². The van der Waals surface area contributed by atoms with Crippen LogP contribution in [0.25, 0.3) is 6.08 Å². The van der Waals surface area contributed by atoms with Crippen molar-refractivity contribution in [1.29, 1.82) is 5.26 Å². The van der Waals surface area contributed by atoms with Gasteiger partial charge in [0.1, 0.15) is 28.2 Å². The molecule has 0 saturated heterocycles. The van der Waals surface area contributed by atoms with E-state index in [-0.39, 0.29) is 45.1 Å². The summed E-state index contributed by atoms with van der Waals surface area (Å²) in [6.45, 7) is 1.56. The zero-order valence-electron chi connectivity index (χ0n) is 16.9. The molecular formula is C23H17ClN2O5S. The minimum absolute atomic E-state index is 0.00690. The highest BCUT2D eigenvalue weighted by molar-refractivity contribution is 8.18. The molecule has 0 aromatic heterocycles. The summed E-state index contributed by atoms with van der Waals surface area (Å²) in [5, 5.41) is 19.7. The highest BCUT2D eigenvalue weighted by atomic mass is 35.5. The van der Waals surface area contributed by atoms with Crippen molar-refractivity contribution >= 4 is 46.4 Å². The van der Waals surface area contributed by atoms with E-state index in [1.165, 1.54) is 6.07 Å². The fraction of sp³-hybridized carbons (Fsp3) is 0.130. The Balaban J connectivity index is 2.04. The molecule has 1 aliphatic heterocycles. The molecule has 0 atom stereocenters. The molecule has 1 heterocycles. The summed E-state index contributed by atoms with van der Waals surface area (Å²) in [5.41, 5.74) is 0.523. The maximum atomic E-state index is 12.7. The van der Waals surface area contributed by atoms with Gasteiger partial charge in [0, 0.05) is 5.56 Å². The van der Waals surface area contributed by atoms with E-state index in [1.54, 1.807) is 55.5 Å². The summed E-state index contributed by atoms with van der Waals surface area (Å²) in [7, 11) is 0. The molecule has 32 heavy (non-hydrogen) atoms. The Labute approximate surface area is 193 Å². The van der Waals surface area contributed by atoms with Crippen molar-refractivity contribution in [1.82, 2.24) is 0 Å². The summed E-state index contributed by atoms with van der Waals surface area (Å²) in [4.78, 5) is 29.5. The number of aliphatic hydroxyl groups excluding tert-OH is 1. The molecule has 1 amide bonds. The predicted octanol–water partition coefficient (Wildman–Crippen LogP) is 4.94. The zero-order chi connectivity index (χ0) is 23.1. The van der Waals surface area contributed by atoms with Gasteiger partial charge >= 0.3 is 5.97 Å². The molecular weight excluding hydrogens is 452 g/mol. The molecule has 0 unspecified atom stereocenters. The standard InChI is InChI=1S/C23H17ClN2O5S/c1-2-30-23(29)19-20(27)18(13-14-7-3-6-10-17(14)31-12-11-25)32-22(19)26-21(28)15-8-4-5-9-16(15)24/h3-10,13,27H,2,12H2,1H3/b18-13-,26-22?. The molecule has 0 radical (unpaired) electrons. The van der Waals surface area contributed by atoms with Crippen LogP contribution < -0.4 is 4.74 Å². The van der Waals surface area contributed by atoms with Crippen molar-refractivity contribution in [2.45, 2.75) is 6.92 Å². The molecule has 9 heteroatoms. The lowest BCUT2D eigenvalue weighted by Crippen LogP contribution is -2.14. The number of amides is 1. The Kier molecular flexibility index (Phi) is 7.71. The van der Waals surface area contributed by atoms with Crippen LogP contribution in [0.2, 0.25) is 5.02 Å². The first kappa shape index (κ1) is 23.1. The highest BCUT2D eigenvalue weighted by Crippen LogP contribution is 2.40. The quantitative estimate of drug-likeness (QED) is 0.597. The van der Waals surface area contributed by atoms with Gasteiger partial charge in [-0.2, -0.15) is 5.26 Å². The number of aliphatic hydroxyl groups is 1. The number of rotatable bonds is 6. The lowest BCUT2D eigenvalue weighted by atomic mass is 10.1. The number of thioether (sulfide) groups is 1. The molecule has 0 aliphatic carbocycles. The van der Waals surface area contributed by atoms with Gasteiger partial charge in [-0.05, 0) is 31.2 Å². The van der Waals surface area contributed by atoms with Crippen LogP contribution >= 0.6 is 23.4 Å². The van der Waals surface area contributed by atoms with Crippen LogP contribution in [-0.2, 0) is 9.53 Å². The molecule has 0 saturated carbocycles. The largest absolute Gasteiger partial charge is 0.506 e. The molecule has 7 nitrogen and oxygen atoms in total. The second-order valence-electron chi connectivity index (χ2n) is 6.24. The van der Waals surface area contributed by atoms with Gasteiger partial charge in [-0.25, -0.2) is 9.79 Å². The topological polar surface area (TPSA) is 109 Å². The Bertz CT molecular complexity index is 1200. The smallest absolute Gasteiger partial charge is 0.344 e. The van der Waals surface area contributed by atoms with Crippen LogP contribution in [0.3, 0.4) is 0 Å². The van der Waals surface area contributed by atoms with Gasteiger partial charge in [-0.3, -0.25) is 4.79 Å². The number of hydrogen-bond donors (Lipinski definition) is 1. The van der Waals surface area contributed by atoms with E-state index in [1.807, 2.05) is 6.07 Å². The minimum Gasteiger partial charge on any atom is -0.506 e. The maximum Gasteiger partial charge on any atom is 0.344 e. The number of benzene rings is 2. The summed E-state index contributed by atoms with van der Waals surface area (Å²) in [5.74, 6) is -1.41. The normalized spacial score (nSPS) is 15.7. The SMILES string of the molecule is CCOC(=O)C1=C(O)/C(=C/c2ccccc2OCC#N)SC1=NC(=O)c1ccccc1Cl. The number of carbonyl (C=O) groups excluding carboxylic acids is 2. The van der Waals surface area contributed by atoms with Crippen LogP contribution in [0.4, 0.5) is 0 Å². The third-order valence-corrected chi connectivity index (χ3v) is 5.52. The number of para-hydroxylation sites is 1. The third kappa shape index (κ3) is 5.19. The van der Waals surface area contributed by atoms with Gasteiger partial charge in [-0.1, -0.05) is 53.7 Å². The van der Waals surface area contributed by atoms with E-state index < -0.39 is 11.9 Å². The van der Waals surface area contributed by atoms with E-state index in [9.17, 15) is 14.7 Å². The second kappa shape index (κ2) is 10.7. The molecule has 1 N–H and O–H groups in total. The summed E-state index contributed by atoms with van der Waals surface area (Å²) in [6, 6.07) is 15.2. The van der Waals surface area contributed by atoms with Gasteiger partial charge in [0.15, 0.2) is 6.61 Å². The number of halogens is 1. The van der Waals surface area contributed by atoms with Crippen LogP contribution in [0.15, 0.2) is 69.8 Å². The number of aliphatic imine (C=N–C) groups is 1. The molecule has 1 aliphatic rings. The van der Waals surface area contributed by atoms with Crippen molar-refractivity contribution < 1.29 is 24.2 Å². The molecule has 162 valence electrons. The first-order chi connectivity index (χ1) is 15.5. The first-order valence-electron chi connectivity index (χ1n) is 9.43. The monoisotopic (exact) mass is 468 g/mol. The molecule has 0 spiro atoms. The van der Waals surface area contributed by atoms with Crippen LogP contribution in [-0.4, -0.2) is 35.2 Å². The minimum atomic E-state index is -0.805. The summed E-state index contributed by atoms with van der Waals surface area (Å²) < 4.78 is 10.4. The van der Waals surface area contributed by atoms with Crippen molar-refractivity contribution in [2.75, 3.05) is 13.2 Å². The van der Waals surface area contributed by atoms with Gasteiger partial charge < -0.3 is 14.6 Å². The Morgan fingerprint density at radius 3 is 2.66 bits per heavy atom. The fourth-order valence-corrected chi connectivity index (χ4v) is 3.98. The van der Waals surface area contributed by atoms with Gasteiger partial charge in [0.05, 0.1) is 22.1 Å². The molecule has 2 aromatic rings.